The minimum Gasteiger partial charge on any atom is -0.339 e. The Hall–Kier alpha value is -5.14. The van der Waals surface area contributed by atoms with Crippen LogP contribution in [0.3, 0.4) is 0 Å². The van der Waals surface area contributed by atoms with Gasteiger partial charge in [0, 0.05) is 41.4 Å². The smallest absolute Gasteiger partial charge is 0.159 e. The predicted octanol–water partition coefficient (Wildman–Crippen LogP) is 8.34. The van der Waals surface area contributed by atoms with E-state index in [1.54, 1.807) is 12.1 Å². The average Bonchev–Trinajstić information content (AvgIpc) is 3.45. The summed E-state index contributed by atoms with van der Waals surface area (Å²) in [6.07, 6.45) is 14.1. The molecule has 0 saturated heterocycles. The van der Waals surface area contributed by atoms with Crippen molar-refractivity contribution < 1.29 is 8.78 Å². The number of fused-ring (bicyclic) bond motifs is 2. The molecule has 3 N–H and O–H groups in total. The van der Waals surface area contributed by atoms with E-state index in [9.17, 15) is 4.39 Å². The molecule has 5 nitrogen and oxygen atoms in total. The average molecular weight is 614 g/mol. The molecule has 2 heterocycles. The number of nitrogens with zero attached hydrogens (tertiary/aromatic N) is 2. The third kappa shape index (κ3) is 6.46. The molecule has 0 spiro atoms. The molecular weight excluding hydrogens is 576 g/mol. The third-order valence-electron chi connectivity index (χ3n) is 8.25. The van der Waals surface area contributed by atoms with E-state index in [1.165, 1.54) is 17.7 Å². The molecule has 46 heavy (non-hydrogen) atoms. The number of H-pyrrole nitrogens is 1. The van der Waals surface area contributed by atoms with Crippen LogP contribution in [-0.4, -0.2) is 22.2 Å². The molecule has 1 aliphatic heterocycles. The monoisotopic (exact) mass is 613 g/mol. The van der Waals surface area contributed by atoms with E-state index in [4.69, 9.17) is 4.98 Å². The molecule has 6 rings (SSSR count). The number of aromatic nitrogens is 2. The zero-order valence-electron chi connectivity index (χ0n) is 26.2. The van der Waals surface area contributed by atoms with Gasteiger partial charge in [0.15, 0.2) is 5.82 Å². The van der Waals surface area contributed by atoms with Crippen molar-refractivity contribution in [3.05, 3.63) is 171 Å². The minimum atomic E-state index is -0.340. The number of rotatable bonds is 9. The molecule has 7 heteroatoms. The Morgan fingerprint density at radius 1 is 1.02 bits per heavy atom. The number of hydrogen-bond donors (Lipinski definition) is 3. The van der Waals surface area contributed by atoms with E-state index in [0.29, 0.717) is 35.8 Å². The zero-order chi connectivity index (χ0) is 32.0. The first-order valence-corrected chi connectivity index (χ1v) is 15.6. The number of imidazole rings is 1. The number of hydrazone groups is 1. The van der Waals surface area contributed by atoms with Crippen LogP contribution < -0.4 is 10.7 Å². The Kier molecular flexibility index (Phi) is 9.31. The maximum Gasteiger partial charge on any atom is 0.159 e. The molecular formula is C39H37F2N5. The second kappa shape index (κ2) is 13.9. The van der Waals surface area contributed by atoms with Gasteiger partial charge in [-0.2, -0.15) is 5.10 Å². The molecule has 2 aliphatic rings. The molecule has 1 unspecified atom stereocenters. The first kappa shape index (κ1) is 30.9. The Labute approximate surface area is 268 Å². The zero-order valence-corrected chi connectivity index (χ0v) is 26.2. The van der Waals surface area contributed by atoms with Gasteiger partial charge in [0.05, 0.1) is 12.2 Å². The summed E-state index contributed by atoms with van der Waals surface area (Å²) < 4.78 is 30.5. The van der Waals surface area contributed by atoms with Crippen LogP contribution in [0.25, 0.3) is 11.1 Å². The predicted molar refractivity (Wildman–Crippen MR) is 183 cm³/mol. The topological polar surface area (TPSA) is 65.1 Å². The van der Waals surface area contributed by atoms with Gasteiger partial charge in [-0.05, 0) is 53.8 Å². The lowest BCUT2D eigenvalue weighted by molar-refractivity contribution is 0.610. The molecule has 1 aromatic heterocycles. The van der Waals surface area contributed by atoms with Crippen molar-refractivity contribution in [3.63, 3.8) is 0 Å². The Morgan fingerprint density at radius 3 is 2.59 bits per heavy atom. The Morgan fingerprint density at radius 2 is 1.83 bits per heavy atom. The van der Waals surface area contributed by atoms with E-state index >= 15 is 4.39 Å². The molecule has 0 saturated carbocycles. The molecule has 4 aromatic rings. The second-order valence-corrected chi connectivity index (χ2v) is 11.4. The largest absolute Gasteiger partial charge is 0.339 e. The summed E-state index contributed by atoms with van der Waals surface area (Å²) in [4.78, 5) is 8.45. The summed E-state index contributed by atoms with van der Waals surface area (Å²) in [7, 11) is 0. The molecule has 0 radical (unpaired) electrons. The highest BCUT2D eigenvalue weighted by molar-refractivity contribution is 6.13. The quantitative estimate of drug-likeness (QED) is 0.166. The first-order chi connectivity index (χ1) is 22.5. The fraction of sp³-hybridized carbons (Fsp3) is 0.179. The second-order valence-electron chi connectivity index (χ2n) is 11.4. The molecule has 1 atom stereocenters. The van der Waals surface area contributed by atoms with E-state index in [-0.39, 0.29) is 17.6 Å². The Balaban J connectivity index is 1.34. The minimum absolute atomic E-state index is 0.0264. The lowest BCUT2D eigenvalue weighted by Gasteiger charge is -2.20. The third-order valence-corrected chi connectivity index (χ3v) is 8.25. The van der Waals surface area contributed by atoms with Crippen molar-refractivity contribution in [2.45, 2.75) is 39.8 Å². The lowest BCUT2D eigenvalue weighted by atomic mass is 9.93. The van der Waals surface area contributed by atoms with E-state index < -0.39 is 0 Å². The number of aromatic amines is 1. The summed E-state index contributed by atoms with van der Waals surface area (Å²) in [5.41, 5.74) is 11.6. The van der Waals surface area contributed by atoms with Gasteiger partial charge in [-0.25, -0.2) is 13.8 Å². The van der Waals surface area contributed by atoms with Gasteiger partial charge in [-0.3, -0.25) is 0 Å². The number of halogens is 2. The van der Waals surface area contributed by atoms with E-state index in [0.717, 1.165) is 45.8 Å². The summed E-state index contributed by atoms with van der Waals surface area (Å²) in [6, 6.07) is 20.4. The molecule has 1 aliphatic carbocycles. The van der Waals surface area contributed by atoms with Gasteiger partial charge >= 0.3 is 0 Å². The molecule has 3 aromatic carbocycles. The Bertz CT molecular complexity index is 1910. The molecule has 0 bridgehead atoms. The van der Waals surface area contributed by atoms with Crippen LogP contribution in [0, 0.1) is 11.6 Å². The van der Waals surface area contributed by atoms with Crippen LogP contribution in [-0.2, 0) is 13.1 Å². The highest BCUT2D eigenvalue weighted by atomic mass is 19.1. The van der Waals surface area contributed by atoms with Crippen molar-refractivity contribution >= 4 is 16.9 Å². The summed E-state index contributed by atoms with van der Waals surface area (Å²) >= 11 is 0. The van der Waals surface area contributed by atoms with Crippen molar-refractivity contribution in [2.24, 2.45) is 5.10 Å². The fourth-order valence-corrected chi connectivity index (χ4v) is 5.90. The highest BCUT2D eigenvalue weighted by Crippen LogP contribution is 2.34. The molecule has 0 fully saturated rings. The standard InChI is InChI=1S/C39H37F2N5/c1-4-10-27(23-42-22-26-12-7-6-8-13-26)21-28(5-2)32-20-17-30-24-43-46-38(34(30)35(32)41)39-44-36-25(3)11-9-14-33(37(36)45-39)29-15-18-31(40)19-16-29/h4-21,25,42-43H,22-24H2,1-3H3,(H,44,45)/b10-4+,27-21+,28-5+. The SMILES string of the molecule is C/C=C/C(=C\C(=C/C)c1ccc2c(c1F)C(c1nc3c([nH]1)C(C)C=CC=C3c1ccc(F)cc1)=NNC2)CNCc1ccccc1. The van der Waals surface area contributed by atoms with Gasteiger partial charge in [-0.1, -0.05) is 104 Å². The van der Waals surface area contributed by atoms with E-state index in [2.05, 4.69) is 46.0 Å². The number of allylic oxidation sites excluding steroid dienone is 7. The lowest BCUT2D eigenvalue weighted by Crippen LogP contribution is -2.24. The fourth-order valence-electron chi connectivity index (χ4n) is 5.90. The van der Waals surface area contributed by atoms with Crippen LogP contribution in [0.5, 0.6) is 0 Å². The van der Waals surface area contributed by atoms with Gasteiger partial charge in [-0.15, -0.1) is 0 Å². The van der Waals surface area contributed by atoms with Gasteiger partial charge in [0.1, 0.15) is 17.3 Å². The molecule has 0 amide bonds. The van der Waals surface area contributed by atoms with Crippen molar-refractivity contribution in [1.29, 1.82) is 0 Å². The summed E-state index contributed by atoms with van der Waals surface area (Å²) in [5, 5.41) is 8.08. The maximum absolute atomic E-state index is 16.7. The first-order valence-electron chi connectivity index (χ1n) is 15.6. The number of benzene rings is 3. The van der Waals surface area contributed by atoms with Gasteiger partial charge < -0.3 is 15.7 Å². The number of hydrogen-bond acceptors (Lipinski definition) is 4. The normalized spacial score (nSPS) is 16.4. The van der Waals surface area contributed by atoms with Crippen molar-refractivity contribution in [1.82, 2.24) is 20.7 Å². The van der Waals surface area contributed by atoms with Crippen molar-refractivity contribution in [3.8, 4) is 0 Å². The summed E-state index contributed by atoms with van der Waals surface area (Å²) in [6.45, 7) is 7.76. The highest BCUT2D eigenvalue weighted by Gasteiger charge is 2.28. The van der Waals surface area contributed by atoms with Crippen LogP contribution >= 0.6 is 0 Å². The van der Waals surface area contributed by atoms with Crippen LogP contribution in [0.1, 0.15) is 71.7 Å². The van der Waals surface area contributed by atoms with Crippen LogP contribution in [0.15, 0.2) is 120 Å². The van der Waals surface area contributed by atoms with Gasteiger partial charge in [0.2, 0.25) is 0 Å². The van der Waals surface area contributed by atoms with Crippen LogP contribution in [0.2, 0.25) is 0 Å². The molecule has 232 valence electrons. The maximum atomic E-state index is 16.7. The van der Waals surface area contributed by atoms with Gasteiger partial charge in [0.25, 0.3) is 0 Å². The van der Waals surface area contributed by atoms with Crippen molar-refractivity contribution in [2.75, 3.05) is 6.54 Å². The number of nitrogens with one attached hydrogen (secondary N) is 3. The van der Waals surface area contributed by atoms with E-state index in [1.807, 2.05) is 80.6 Å². The van der Waals surface area contributed by atoms with Crippen LogP contribution in [0.4, 0.5) is 8.78 Å². The summed E-state index contributed by atoms with van der Waals surface area (Å²) in [5.74, 6) is -0.138.